The normalized spacial score (nSPS) is 10.5. The number of carbonyl (C=O) groups is 2. The highest BCUT2D eigenvalue weighted by Crippen LogP contribution is 2.40. The first-order valence-corrected chi connectivity index (χ1v) is 14.6. The molecular formula is C36H34O6S. The highest BCUT2D eigenvalue weighted by molar-refractivity contribution is 7.99. The largest absolute Gasteiger partial charge is 0.489 e. The van der Waals surface area contributed by atoms with Crippen LogP contribution < -0.4 is 9.47 Å². The minimum absolute atomic E-state index is 0.128. The van der Waals surface area contributed by atoms with Crippen LogP contribution in [0.3, 0.4) is 0 Å². The molecule has 0 N–H and O–H groups in total. The Kier molecular flexibility index (Phi) is 11.2. The van der Waals surface area contributed by atoms with Gasteiger partial charge in [0.05, 0.1) is 0 Å². The molecule has 6 nitrogen and oxygen atoms in total. The van der Waals surface area contributed by atoms with Crippen molar-refractivity contribution in [3.8, 4) is 33.8 Å². The summed E-state index contributed by atoms with van der Waals surface area (Å²) in [6.45, 7) is 11.1. The Morgan fingerprint density at radius 2 is 0.977 bits per heavy atom. The predicted molar refractivity (Wildman–Crippen MR) is 170 cm³/mol. The van der Waals surface area contributed by atoms with Gasteiger partial charge in [0.2, 0.25) is 0 Å². The molecule has 4 aromatic carbocycles. The highest BCUT2D eigenvalue weighted by atomic mass is 32.2. The van der Waals surface area contributed by atoms with Crippen molar-refractivity contribution in [2.45, 2.75) is 23.6 Å². The predicted octanol–water partition coefficient (Wildman–Crippen LogP) is 8.17. The summed E-state index contributed by atoms with van der Waals surface area (Å²) in [6.07, 6.45) is 0. The van der Waals surface area contributed by atoms with Crippen molar-refractivity contribution in [2.24, 2.45) is 0 Å². The van der Waals surface area contributed by atoms with E-state index >= 15 is 0 Å². The number of esters is 2. The third-order valence-corrected chi connectivity index (χ3v) is 7.13. The first-order chi connectivity index (χ1) is 20.8. The molecule has 220 valence electrons. The van der Waals surface area contributed by atoms with E-state index in [2.05, 4.69) is 25.3 Å². The van der Waals surface area contributed by atoms with E-state index in [0.717, 1.165) is 32.0 Å². The van der Waals surface area contributed by atoms with Crippen molar-refractivity contribution >= 4 is 23.7 Å². The first-order valence-electron chi connectivity index (χ1n) is 13.8. The van der Waals surface area contributed by atoms with E-state index in [1.807, 2.05) is 84.9 Å². The molecule has 0 aliphatic rings. The van der Waals surface area contributed by atoms with E-state index in [1.165, 1.54) is 0 Å². The molecule has 0 heterocycles. The van der Waals surface area contributed by atoms with Crippen molar-refractivity contribution in [1.29, 1.82) is 0 Å². The fourth-order valence-electron chi connectivity index (χ4n) is 4.04. The lowest BCUT2D eigenvalue weighted by Crippen LogP contribution is -2.12. The summed E-state index contributed by atoms with van der Waals surface area (Å²) >= 11 is 1.62. The molecular weight excluding hydrogens is 560 g/mol. The third-order valence-electron chi connectivity index (χ3n) is 6.15. The lowest BCUT2D eigenvalue weighted by molar-refractivity contribution is -0.140. The molecule has 4 aromatic rings. The van der Waals surface area contributed by atoms with Gasteiger partial charge in [-0.25, -0.2) is 9.59 Å². The maximum Gasteiger partial charge on any atom is 0.333 e. The van der Waals surface area contributed by atoms with E-state index in [9.17, 15) is 9.59 Å². The van der Waals surface area contributed by atoms with Crippen LogP contribution in [0.1, 0.15) is 13.8 Å². The van der Waals surface area contributed by atoms with Crippen LogP contribution in [0, 0.1) is 0 Å². The average molecular weight is 595 g/mol. The van der Waals surface area contributed by atoms with E-state index in [0.29, 0.717) is 22.6 Å². The van der Waals surface area contributed by atoms with Gasteiger partial charge in [-0.2, -0.15) is 0 Å². The van der Waals surface area contributed by atoms with Crippen LogP contribution in [0.4, 0.5) is 0 Å². The number of carbonyl (C=O) groups excluding carboxylic acids is 2. The summed E-state index contributed by atoms with van der Waals surface area (Å²) in [5.41, 5.74) is 4.60. The summed E-state index contributed by atoms with van der Waals surface area (Å²) < 4.78 is 22.4. The zero-order valence-corrected chi connectivity index (χ0v) is 25.2. The van der Waals surface area contributed by atoms with Gasteiger partial charge >= 0.3 is 11.9 Å². The first kappa shape index (κ1) is 31.2. The third kappa shape index (κ3) is 9.12. The molecule has 0 fully saturated rings. The van der Waals surface area contributed by atoms with E-state index in [4.69, 9.17) is 18.9 Å². The minimum atomic E-state index is -0.434. The molecule has 0 aliphatic carbocycles. The second kappa shape index (κ2) is 15.5. The summed E-state index contributed by atoms with van der Waals surface area (Å²) in [6, 6.07) is 32.1. The molecule has 0 unspecified atom stereocenters. The zero-order chi connectivity index (χ0) is 30.6. The second-order valence-electron chi connectivity index (χ2n) is 9.68. The van der Waals surface area contributed by atoms with Gasteiger partial charge in [0.1, 0.15) is 37.9 Å². The number of ether oxygens (including phenoxy) is 4. The topological polar surface area (TPSA) is 71.1 Å². The van der Waals surface area contributed by atoms with Crippen molar-refractivity contribution < 1.29 is 28.5 Å². The van der Waals surface area contributed by atoms with Crippen LogP contribution in [0.25, 0.3) is 22.3 Å². The van der Waals surface area contributed by atoms with Crippen LogP contribution in [-0.2, 0) is 19.1 Å². The van der Waals surface area contributed by atoms with Gasteiger partial charge < -0.3 is 18.9 Å². The van der Waals surface area contributed by atoms with Gasteiger partial charge in [0.25, 0.3) is 0 Å². The molecule has 0 bridgehead atoms. The van der Waals surface area contributed by atoms with Crippen LogP contribution in [0.15, 0.2) is 131 Å². The van der Waals surface area contributed by atoms with Crippen molar-refractivity contribution in [2.75, 3.05) is 26.4 Å². The van der Waals surface area contributed by atoms with Gasteiger partial charge in [0.15, 0.2) is 0 Å². The number of hydrogen-bond acceptors (Lipinski definition) is 7. The van der Waals surface area contributed by atoms with Crippen molar-refractivity contribution in [3.63, 3.8) is 0 Å². The van der Waals surface area contributed by atoms with Gasteiger partial charge in [-0.1, -0.05) is 85.6 Å². The molecule has 4 rings (SSSR count). The summed E-state index contributed by atoms with van der Waals surface area (Å²) in [4.78, 5) is 25.5. The highest BCUT2D eigenvalue weighted by Gasteiger charge is 2.13. The van der Waals surface area contributed by atoms with E-state index < -0.39 is 11.9 Å². The van der Waals surface area contributed by atoms with Crippen molar-refractivity contribution in [3.05, 3.63) is 121 Å². The smallest absolute Gasteiger partial charge is 0.333 e. The quantitative estimate of drug-likeness (QED) is 0.0828. The summed E-state index contributed by atoms with van der Waals surface area (Å²) in [5, 5.41) is 0. The number of rotatable bonds is 14. The van der Waals surface area contributed by atoms with Gasteiger partial charge in [-0.15, -0.1) is 0 Å². The molecule has 0 amide bonds. The Hall–Kier alpha value is -4.75. The SMILES string of the molecule is C=C(C)C(=O)OCCOc1ccc(Sc2ccc(OCCOC(=O)C(=C)C)c(-c3ccccc3)c2)cc1-c1ccccc1. The molecule has 0 saturated carbocycles. The molecule has 7 heteroatoms. The lowest BCUT2D eigenvalue weighted by Gasteiger charge is -2.15. The monoisotopic (exact) mass is 594 g/mol. The average Bonchev–Trinajstić information content (AvgIpc) is 3.02. The van der Waals surface area contributed by atoms with Crippen LogP contribution in [-0.4, -0.2) is 38.4 Å². The van der Waals surface area contributed by atoms with Crippen LogP contribution >= 0.6 is 11.8 Å². The van der Waals surface area contributed by atoms with Gasteiger partial charge in [-0.3, -0.25) is 0 Å². The van der Waals surface area contributed by atoms with Crippen LogP contribution in [0.5, 0.6) is 11.5 Å². The molecule has 0 saturated heterocycles. The standard InChI is InChI=1S/C36H34O6S/c1-25(2)35(37)41-21-19-39-33-17-15-29(23-31(33)27-11-7-5-8-12-27)43-30-16-18-34(40-20-22-42-36(38)26(3)4)32(24-30)28-13-9-6-10-14-28/h5-18,23-24H,1,3,19-22H2,2,4H3. The Balaban J connectivity index is 1.54. The molecule has 43 heavy (non-hydrogen) atoms. The minimum Gasteiger partial charge on any atom is -0.489 e. The Labute approximate surface area is 257 Å². The second-order valence-corrected chi connectivity index (χ2v) is 10.8. The fourth-order valence-corrected chi connectivity index (χ4v) is 4.94. The molecule has 0 spiro atoms. The Morgan fingerprint density at radius 3 is 1.35 bits per heavy atom. The molecule has 0 atom stereocenters. The zero-order valence-electron chi connectivity index (χ0n) is 24.3. The maximum atomic E-state index is 11.7. The Morgan fingerprint density at radius 1 is 0.581 bits per heavy atom. The lowest BCUT2D eigenvalue weighted by atomic mass is 10.0. The fraction of sp³-hybridized carbons (Fsp3) is 0.167. The number of benzene rings is 4. The number of hydrogen-bond donors (Lipinski definition) is 0. The van der Waals surface area contributed by atoms with E-state index in [1.54, 1.807) is 25.6 Å². The Bertz CT molecular complexity index is 1460. The van der Waals surface area contributed by atoms with Crippen LogP contribution in [0.2, 0.25) is 0 Å². The molecule has 0 aromatic heterocycles. The van der Waals surface area contributed by atoms with Crippen molar-refractivity contribution in [1.82, 2.24) is 0 Å². The van der Waals surface area contributed by atoms with E-state index in [-0.39, 0.29) is 26.4 Å². The van der Waals surface area contributed by atoms with Gasteiger partial charge in [-0.05, 0) is 61.4 Å². The summed E-state index contributed by atoms with van der Waals surface area (Å²) in [7, 11) is 0. The summed E-state index contributed by atoms with van der Waals surface area (Å²) in [5.74, 6) is 0.526. The van der Waals surface area contributed by atoms with Gasteiger partial charge in [0, 0.05) is 32.1 Å². The maximum absolute atomic E-state index is 11.7. The molecule has 0 radical (unpaired) electrons. The molecule has 0 aliphatic heterocycles.